The first-order valence-corrected chi connectivity index (χ1v) is 11.2. The first kappa shape index (κ1) is 20.8. The van der Waals surface area contributed by atoms with E-state index in [4.69, 9.17) is 9.47 Å². The van der Waals surface area contributed by atoms with Gasteiger partial charge in [0.1, 0.15) is 46.6 Å². The van der Waals surface area contributed by atoms with Gasteiger partial charge in [-0.25, -0.2) is 13.8 Å². The largest absolute Gasteiger partial charge is 0.489 e. The van der Waals surface area contributed by atoms with Crippen molar-refractivity contribution >= 4 is 17.5 Å². The van der Waals surface area contributed by atoms with Crippen molar-refractivity contribution < 1.29 is 27.8 Å². The van der Waals surface area contributed by atoms with Gasteiger partial charge in [-0.15, -0.1) is 0 Å². The lowest BCUT2D eigenvalue weighted by molar-refractivity contribution is -0.119. The Balaban J connectivity index is 1.15. The molecule has 1 aromatic heterocycles. The van der Waals surface area contributed by atoms with Crippen LogP contribution >= 0.6 is 0 Å². The second kappa shape index (κ2) is 7.90. The molecule has 172 valence electrons. The number of halogens is 2. The van der Waals surface area contributed by atoms with Crippen LogP contribution in [0.15, 0.2) is 48.7 Å². The number of fused-ring (bicyclic) bond motifs is 4. The minimum Gasteiger partial charge on any atom is -0.489 e. The van der Waals surface area contributed by atoms with E-state index in [-0.39, 0.29) is 48.0 Å². The van der Waals surface area contributed by atoms with Crippen molar-refractivity contribution in [1.29, 1.82) is 0 Å². The van der Waals surface area contributed by atoms with Gasteiger partial charge in [-0.1, -0.05) is 0 Å². The van der Waals surface area contributed by atoms with Crippen LogP contribution in [0.1, 0.15) is 35.4 Å². The molecule has 1 amide bonds. The normalized spacial score (nSPS) is 21.6. The molecule has 0 radical (unpaired) electrons. The third-order valence-corrected chi connectivity index (χ3v) is 6.66. The molecular formula is C26H20F2N2O4. The van der Waals surface area contributed by atoms with Gasteiger partial charge in [0.15, 0.2) is 0 Å². The summed E-state index contributed by atoms with van der Waals surface area (Å²) in [5.41, 5.74) is 1.91. The van der Waals surface area contributed by atoms with Crippen LogP contribution in [0.5, 0.6) is 17.2 Å². The minimum atomic E-state index is -0.577. The Kier molecular flexibility index (Phi) is 4.83. The predicted octanol–water partition coefficient (Wildman–Crippen LogP) is 4.71. The van der Waals surface area contributed by atoms with Gasteiger partial charge in [0.2, 0.25) is 5.91 Å². The number of carbonyl (C=O) groups is 2. The Bertz CT molecular complexity index is 1340. The lowest BCUT2D eigenvalue weighted by Crippen LogP contribution is -2.20. The number of ketones is 1. The molecule has 3 aliphatic rings. The van der Waals surface area contributed by atoms with Crippen LogP contribution in [0.2, 0.25) is 0 Å². The molecule has 3 aromatic rings. The molecule has 0 bridgehead atoms. The quantitative estimate of drug-likeness (QED) is 0.574. The number of ether oxygens (including phenoxy) is 2. The van der Waals surface area contributed by atoms with Crippen LogP contribution in [0.25, 0.3) is 0 Å². The van der Waals surface area contributed by atoms with Crippen molar-refractivity contribution in [2.24, 2.45) is 5.92 Å². The van der Waals surface area contributed by atoms with Crippen molar-refractivity contribution in [3.8, 4) is 17.2 Å². The summed E-state index contributed by atoms with van der Waals surface area (Å²) in [5.74, 6) is 1.30. The van der Waals surface area contributed by atoms with Gasteiger partial charge in [0.05, 0.1) is 0 Å². The van der Waals surface area contributed by atoms with Gasteiger partial charge < -0.3 is 14.8 Å². The van der Waals surface area contributed by atoms with Crippen molar-refractivity contribution in [2.45, 2.75) is 37.7 Å². The van der Waals surface area contributed by atoms with Crippen molar-refractivity contribution in [3.05, 3.63) is 77.0 Å². The monoisotopic (exact) mass is 462 g/mol. The molecule has 2 aromatic carbocycles. The topological polar surface area (TPSA) is 77.5 Å². The number of Topliss-reactive ketones (excluding diaryl/α,β-unsaturated/α-hetero) is 1. The average Bonchev–Trinajstić information content (AvgIpc) is 3.32. The maximum atomic E-state index is 13.9. The van der Waals surface area contributed by atoms with E-state index in [1.165, 1.54) is 0 Å². The summed E-state index contributed by atoms with van der Waals surface area (Å²) in [6.07, 6.45) is 2.55. The van der Waals surface area contributed by atoms with Gasteiger partial charge in [-0.3, -0.25) is 9.59 Å². The first-order chi connectivity index (χ1) is 16.5. The molecule has 1 N–H and O–H groups in total. The number of benzene rings is 2. The summed E-state index contributed by atoms with van der Waals surface area (Å²) < 4.78 is 39.4. The molecule has 6 rings (SSSR count). The summed E-state index contributed by atoms with van der Waals surface area (Å²) >= 11 is 0. The fraction of sp³-hybridized carbons (Fsp3) is 0.269. The lowest BCUT2D eigenvalue weighted by Gasteiger charge is -2.19. The number of hydrogen-bond donors (Lipinski definition) is 1. The number of nitrogens with zero attached hydrogens (tertiary/aromatic N) is 1. The minimum absolute atomic E-state index is 0.00997. The van der Waals surface area contributed by atoms with Crippen molar-refractivity contribution in [3.63, 3.8) is 0 Å². The zero-order chi connectivity index (χ0) is 23.4. The molecule has 3 atom stereocenters. The van der Waals surface area contributed by atoms with Crippen LogP contribution in [-0.4, -0.2) is 22.8 Å². The smallest absolute Gasteiger partial charge is 0.225 e. The van der Waals surface area contributed by atoms with E-state index in [9.17, 15) is 18.4 Å². The highest BCUT2D eigenvalue weighted by Crippen LogP contribution is 2.60. The van der Waals surface area contributed by atoms with Crippen LogP contribution in [0.4, 0.5) is 14.6 Å². The fourth-order valence-electron chi connectivity index (χ4n) is 4.96. The standard InChI is InChI=1S/C26H20F2N2O4/c27-14-1-4-20(28)13(9-14)10-15(31)11-19-24-18-12-16(2-5-21(18)34-25(19)24)33-22-7-8-29-26-17(22)3-6-23(32)30-26/h1-2,4-5,7-9,12,19,24-25H,3,6,10-11H2,(H,29,30,32)/t19-,24-,25+/m0/s1. The molecule has 1 aliphatic carbocycles. The van der Waals surface area contributed by atoms with E-state index in [2.05, 4.69) is 10.3 Å². The molecular weight excluding hydrogens is 442 g/mol. The van der Waals surface area contributed by atoms with Crippen LogP contribution < -0.4 is 14.8 Å². The highest BCUT2D eigenvalue weighted by atomic mass is 19.1. The number of anilines is 1. The van der Waals surface area contributed by atoms with E-state index in [0.29, 0.717) is 30.2 Å². The number of rotatable bonds is 6. The first-order valence-electron chi connectivity index (χ1n) is 11.2. The predicted molar refractivity (Wildman–Crippen MR) is 118 cm³/mol. The van der Waals surface area contributed by atoms with Crippen molar-refractivity contribution in [2.75, 3.05) is 5.32 Å². The summed E-state index contributed by atoms with van der Waals surface area (Å²) in [6, 6.07) is 10.5. The summed E-state index contributed by atoms with van der Waals surface area (Å²) in [6.45, 7) is 0. The molecule has 0 saturated heterocycles. The van der Waals surface area contributed by atoms with Gasteiger partial charge in [-0.05, 0) is 54.4 Å². The third kappa shape index (κ3) is 3.69. The van der Waals surface area contributed by atoms with E-state index in [1.54, 1.807) is 12.3 Å². The summed E-state index contributed by atoms with van der Waals surface area (Å²) in [5, 5.41) is 2.76. The summed E-state index contributed by atoms with van der Waals surface area (Å²) in [4.78, 5) is 28.4. The number of aromatic nitrogens is 1. The molecule has 3 heterocycles. The van der Waals surface area contributed by atoms with Gasteiger partial charge >= 0.3 is 0 Å². The number of nitrogens with one attached hydrogen (secondary N) is 1. The van der Waals surface area contributed by atoms with Gasteiger partial charge in [0.25, 0.3) is 0 Å². The third-order valence-electron chi connectivity index (χ3n) is 6.66. The summed E-state index contributed by atoms with van der Waals surface area (Å²) in [7, 11) is 0. The fourth-order valence-corrected chi connectivity index (χ4v) is 4.96. The molecule has 1 fully saturated rings. The second-order valence-corrected chi connectivity index (χ2v) is 8.91. The van der Waals surface area contributed by atoms with Crippen molar-refractivity contribution in [1.82, 2.24) is 4.98 Å². The number of carbonyl (C=O) groups excluding carboxylic acids is 2. The van der Waals surface area contributed by atoms with E-state index in [0.717, 1.165) is 35.1 Å². The number of amides is 1. The van der Waals surface area contributed by atoms with Crippen LogP contribution in [0.3, 0.4) is 0 Å². The maximum Gasteiger partial charge on any atom is 0.225 e. The zero-order valence-electron chi connectivity index (χ0n) is 18.0. The molecule has 1 saturated carbocycles. The highest BCUT2D eigenvalue weighted by molar-refractivity contribution is 5.93. The number of hydrogen-bond acceptors (Lipinski definition) is 5. The van der Waals surface area contributed by atoms with Crippen LogP contribution in [-0.2, 0) is 22.4 Å². The molecule has 6 nitrogen and oxygen atoms in total. The molecule has 0 spiro atoms. The Hall–Kier alpha value is -3.81. The average molecular weight is 462 g/mol. The SMILES string of the molecule is O=C(Cc1cc(F)ccc1F)C[C@@H]1[C@H]2Oc3ccc(Oc4ccnc5c4CCC(=O)N5)cc3[C@@H]12. The van der Waals surface area contributed by atoms with Gasteiger partial charge in [-0.2, -0.15) is 0 Å². The number of pyridine rings is 1. The molecule has 8 heteroatoms. The second-order valence-electron chi connectivity index (χ2n) is 8.91. The Labute approximate surface area is 193 Å². The molecule has 2 aliphatic heterocycles. The van der Waals surface area contributed by atoms with E-state index < -0.39 is 11.6 Å². The zero-order valence-corrected chi connectivity index (χ0v) is 18.0. The van der Waals surface area contributed by atoms with Crippen LogP contribution in [0, 0.1) is 17.6 Å². The van der Waals surface area contributed by atoms with E-state index in [1.807, 2.05) is 18.2 Å². The Morgan fingerprint density at radius 1 is 1.15 bits per heavy atom. The van der Waals surface area contributed by atoms with Gasteiger partial charge in [0, 0.05) is 48.4 Å². The Morgan fingerprint density at radius 3 is 2.91 bits per heavy atom. The van der Waals surface area contributed by atoms with E-state index >= 15 is 0 Å². The maximum absolute atomic E-state index is 13.9. The molecule has 34 heavy (non-hydrogen) atoms. The molecule has 0 unspecified atom stereocenters. The highest BCUT2D eigenvalue weighted by Gasteiger charge is 2.59. The Morgan fingerprint density at radius 2 is 2.03 bits per heavy atom. The lowest BCUT2D eigenvalue weighted by atomic mass is 10.0.